The van der Waals surface area contributed by atoms with Crippen LogP contribution in [0, 0.1) is 0 Å². The van der Waals surface area contributed by atoms with Crippen LogP contribution in [0.1, 0.15) is 25.8 Å². The first-order valence-corrected chi connectivity index (χ1v) is 6.26. The normalized spacial score (nSPS) is 25.3. The van der Waals surface area contributed by atoms with E-state index in [1.165, 1.54) is 0 Å². The van der Waals surface area contributed by atoms with Gasteiger partial charge in [0, 0.05) is 18.5 Å². The highest BCUT2D eigenvalue weighted by Gasteiger charge is 2.45. The van der Waals surface area contributed by atoms with Gasteiger partial charge in [0.1, 0.15) is 17.0 Å². The van der Waals surface area contributed by atoms with E-state index in [0.717, 1.165) is 11.3 Å². The van der Waals surface area contributed by atoms with Crippen molar-refractivity contribution >= 4 is 0 Å². The minimum absolute atomic E-state index is 0.00873. The second-order valence-corrected chi connectivity index (χ2v) is 5.31. The fourth-order valence-corrected chi connectivity index (χ4v) is 2.66. The Morgan fingerprint density at radius 2 is 2.11 bits per heavy atom. The lowest BCUT2D eigenvalue weighted by atomic mass is 9.80. The molecule has 2 rings (SSSR count). The lowest BCUT2D eigenvalue weighted by Crippen LogP contribution is -2.50. The highest BCUT2D eigenvalue weighted by Crippen LogP contribution is 2.45. The van der Waals surface area contributed by atoms with Gasteiger partial charge in [0.2, 0.25) is 0 Å². The molecule has 0 aliphatic carbocycles. The number of aliphatic hydroxyl groups excluding tert-OH is 1. The van der Waals surface area contributed by atoms with Crippen molar-refractivity contribution in [3.63, 3.8) is 0 Å². The Labute approximate surface area is 108 Å². The van der Waals surface area contributed by atoms with Gasteiger partial charge in [0.05, 0.1) is 13.2 Å². The van der Waals surface area contributed by atoms with E-state index in [1.807, 2.05) is 38.1 Å². The van der Waals surface area contributed by atoms with Crippen molar-refractivity contribution in [3.8, 4) is 5.75 Å². The smallest absolute Gasteiger partial charge is 0.126 e. The molecule has 4 heteroatoms. The summed E-state index contributed by atoms with van der Waals surface area (Å²) in [5, 5.41) is 8.99. The van der Waals surface area contributed by atoms with Crippen LogP contribution >= 0.6 is 0 Å². The molecule has 1 aromatic rings. The highest BCUT2D eigenvalue weighted by atomic mass is 16.5. The largest absolute Gasteiger partial charge is 0.487 e. The first-order valence-electron chi connectivity index (χ1n) is 6.26. The lowest BCUT2D eigenvalue weighted by molar-refractivity contribution is -0.113. The lowest BCUT2D eigenvalue weighted by Gasteiger charge is -2.45. The van der Waals surface area contributed by atoms with Crippen LogP contribution in [0.15, 0.2) is 24.3 Å². The van der Waals surface area contributed by atoms with Gasteiger partial charge in [0.15, 0.2) is 0 Å². The molecule has 1 aromatic carbocycles. The summed E-state index contributed by atoms with van der Waals surface area (Å²) in [7, 11) is 0. The van der Waals surface area contributed by atoms with Gasteiger partial charge in [-0.05, 0) is 19.9 Å². The van der Waals surface area contributed by atoms with E-state index in [-0.39, 0.29) is 18.8 Å². The van der Waals surface area contributed by atoms with E-state index in [4.69, 9.17) is 20.3 Å². The predicted octanol–water partition coefficient (Wildman–Crippen LogP) is 1.41. The molecule has 0 radical (unpaired) electrons. The summed E-state index contributed by atoms with van der Waals surface area (Å²) in [5.41, 5.74) is 6.03. The molecule has 1 atom stereocenters. The van der Waals surface area contributed by atoms with E-state index < -0.39 is 5.60 Å². The van der Waals surface area contributed by atoms with Crippen LogP contribution in [0.5, 0.6) is 5.75 Å². The first-order chi connectivity index (χ1) is 8.53. The SMILES string of the molecule is CC1(C)CC(CN)(OCCO)c2ccccc2O1. The molecule has 0 saturated heterocycles. The molecule has 0 amide bonds. The zero-order chi connectivity index (χ0) is 13.2. The molecule has 0 bridgehead atoms. The van der Waals surface area contributed by atoms with Gasteiger partial charge < -0.3 is 20.3 Å². The Kier molecular flexibility index (Phi) is 3.61. The van der Waals surface area contributed by atoms with Crippen LogP contribution in [-0.4, -0.2) is 30.5 Å². The number of ether oxygens (including phenoxy) is 2. The summed E-state index contributed by atoms with van der Waals surface area (Å²) in [6.07, 6.45) is 0.674. The zero-order valence-electron chi connectivity index (χ0n) is 11.0. The fraction of sp³-hybridized carbons (Fsp3) is 0.571. The second kappa shape index (κ2) is 4.88. The van der Waals surface area contributed by atoms with Gasteiger partial charge in [0.25, 0.3) is 0 Å². The predicted molar refractivity (Wildman–Crippen MR) is 69.5 cm³/mol. The molecule has 100 valence electrons. The Hall–Kier alpha value is -1.10. The average Bonchev–Trinajstić information content (AvgIpc) is 2.34. The zero-order valence-corrected chi connectivity index (χ0v) is 11.0. The molecule has 1 unspecified atom stereocenters. The number of benzene rings is 1. The monoisotopic (exact) mass is 251 g/mol. The summed E-state index contributed by atoms with van der Waals surface area (Å²) < 4.78 is 11.8. The van der Waals surface area contributed by atoms with Gasteiger partial charge in [-0.25, -0.2) is 0 Å². The summed E-state index contributed by atoms with van der Waals surface area (Å²) in [6.45, 7) is 4.69. The maximum atomic E-state index is 8.99. The summed E-state index contributed by atoms with van der Waals surface area (Å²) in [4.78, 5) is 0. The van der Waals surface area contributed by atoms with E-state index in [9.17, 15) is 0 Å². The number of hydrogen-bond donors (Lipinski definition) is 2. The second-order valence-electron chi connectivity index (χ2n) is 5.31. The van der Waals surface area contributed by atoms with Crippen LogP contribution in [0.25, 0.3) is 0 Å². The fourth-order valence-electron chi connectivity index (χ4n) is 2.66. The minimum Gasteiger partial charge on any atom is -0.487 e. The standard InChI is InChI=1S/C14H21NO3/c1-13(2)9-14(10-15,17-8-7-16)11-5-3-4-6-12(11)18-13/h3-6,16H,7-10,15H2,1-2H3. The van der Waals surface area contributed by atoms with Gasteiger partial charge in [-0.3, -0.25) is 0 Å². The van der Waals surface area contributed by atoms with Gasteiger partial charge in [-0.2, -0.15) is 0 Å². The van der Waals surface area contributed by atoms with E-state index >= 15 is 0 Å². The Balaban J connectivity index is 2.44. The van der Waals surface area contributed by atoms with E-state index in [2.05, 4.69) is 0 Å². The number of para-hydroxylation sites is 1. The van der Waals surface area contributed by atoms with Crippen molar-refractivity contribution < 1.29 is 14.6 Å². The van der Waals surface area contributed by atoms with E-state index in [0.29, 0.717) is 13.0 Å². The average molecular weight is 251 g/mol. The quantitative estimate of drug-likeness (QED) is 0.849. The van der Waals surface area contributed by atoms with Crippen molar-refractivity contribution in [1.82, 2.24) is 0 Å². The maximum absolute atomic E-state index is 8.99. The van der Waals surface area contributed by atoms with Crippen molar-refractivity contribution in [2.24, 2.45) is 5.73 Å². The molecule has 0 spiro atoms. The van der Waals surface area contributed by atoms with Crippen LogP contribution in [-0.2, 0) is 10.3 Å². The summed E-state index contributed by atoms with van der Waals surface area (Å²) in [5.74, 6) is 0.817. The highest BCUT2D eigenvalue weighted by molar-refractivity contribution is 5.41. The van der Waals surface area contributed by atoms with Crippen LogP contribution in [0.3, 0.4) is 0 Å². The molecular formula is C14H21NO3. The van der Waals surface area contributed by atoms with Gasteiger partial charge in [-0.1, -0.05) is 18.2 Å². The molecule has 0 fully saturated rings. The molecule has 3 N–H and O–H groups in total. The number of nitrogens with two attached hydrogens (primary N) is 1. The van der Waals surface area contributed by atoms with Crippen molar-refractivity contribution in [3.05, 3.63) is 29.8 Å². The maximum Gasteiger partial charge on any atom is 0.126 e. The van der Waals surface area contributed by atoms with E-state index in [1.54, 1.807) is 0 Å². The van der Waals surface area contributed by atoms with Crippen LogP contribution in [0.2, 0.25) is 0 Å². The van der Waals surface area contributed by atoms with Crippen molar-refractivity contribution in [2.45, 2.75) is 31.5 Å². The topological polar surface area (TPSA) is 64.7 Å². The first kappa shape index (κ1) is 13.3. The van der Waals surface area contributed by atoms with Crippen LogP contribution in [0.4, 0.5) is 0 Å². The molecule has 1 aliphatic heterocycles. The molecule has 1 aliphatic rings. The molecule has 18 heavy (non-hydrogen) atoms. The third kappa shape index (κ3) is 2.36. The van der Waals surface area contributed by atoms with Crippen molar-refractivity contribution in [2.75, 3.05) is 19.8 Å². The van der Waals surface area contributed by atoms with Crippen molar-refractivity contribution in [1.29, 1.82) is 0 Å². The number of aliphatic hydroxyl groups is 1. The molecule has 0 saturated carbocycles. The van der Waals surface area contributed by atoms with Gasteiger partial charge in [-0.15, -0.1) is 0 Å². The number of rotatable bonds is 4. The molecule has 0 aromatic heterocycles. The molecule has 4 nitrogen and oxygen atoms in total. The third-order valence-electron chi connectivity index (χ3n) is 3.27. The molecule has 1 heterocycles. The van der Waals surface area contributed by atoms with Crippen LogP contribution < -0.4 is 10.5 Å². The summed E-state index contributed by atoms with van der Waals surface area (Å²) >= 11 is 0. The molecular weight excluding hydrogens is 230 g/mol. The minimum atomic E-state index is -0.568. The van der Waals surface area contributed by atoms with Gasteiger partial charge >= 0.3 is 0 Å². The Bertz CT molecular complexity index is 419. The number of fused-ring (bicyclic) bond motifs is 1. The Morgan fingerprint density at radius 1 is 1.39 bits per heavy atom. The summed E-state index contributed by atoms with van der Waals surface area (Å²) in [6, 6.07) is 7.80. The third-order valence-corrected chi connectivity index (χ3v) is 3.27. The number of hydrogen-bond acceptors (Lipinski definition) is 4. The Morgan fingerprint density at radius 3 is 2.78 bits per heavy atom.